The van der Waals surface area contributed by atoms with Crippen LogP contribution in [0.15, 0.2) is 10.8 Å². The molecular weight excluding hydrogens is 336 g/mol. The van der Waals surface area contributed by atoms with Gasteiger partial charge in [-0.1, -0.05) is 0 Å². The van der Waals surface area contributed by atoms with E-state index in [4.69, 9.17) is 4.74 Å². The maximum absolute atomic E-state index is 12.6. The number of ether oxygens (including phenoxy) is 1. The molecule has 0 bridgehead atoms. The molecule has 0 radical (unpaired) electrons. The Labute approximate surface area is 141 Å². The lowest BCUT2D eigenvalue weighted by atomic mass is 10.0. The van der Waals surface area contributed by atoms with Crippen LogP contribution in [-0.4, -0.2) is 58.6 Å². The van der Waals surface area contributed by atoms with Crippen molar-refractivity contribution in [3.63, 3.8) is 0 Å². The molecule has 0 aromatic carbocycles. The second-order valence-corrected chi connectivity index (χ2v) is 6.10. The van der Waals surface area contributed by atoms with Gasteiger partial charge in [-0.05, 0) is 13.3 Å². The number of amides is 4. The van der Waals surface area contributed by atoms with E-state index in [2.05, 4.69) is 0 Å². The number of likely N-dealkylation sites (tertiary alicyclic amines) is 1. The molecule has 1 saturated heterocycles. The number of fused-ring (bicyclic) bond motifs is 1. The fraction of sp³-hybridized carbons (Fsp3) is 0.400. The lowest BCUT2D eigenvalue weighted by Crippen LogP contribution is -2.57. The number of imide groups is 2. The number of rotatable bonds is 4. The largest absolute Gasteiger partial charge is 0.465 e. The number of piperidine rings is 1. The molecule has 1 fully saturated rings. The molecule has 0 aliphatic carbocycles. The molecule has 8 nitrogen and oxygen atoms in total. The van der Waals surface area contributed by atoms with Crippen molar-refractivity contribution < 1.29 is 28.7 Å². The quantitative estimate of drug-likeness (QED) is 0.576. The van der Waals surface area contributed by atoms with E-state index in [0.29, 0.717) is 0 Å². The molecule has 2 aliphatic rings. The minimum atomic E-state index is -1.07. The van der Waals surface area contributed by atoms with Crippen molar-refractivity contribution in [1.82, 2.24) is 9.80 Å². The summed E-state index contributed by atoms with van der Waals surface area (Å²) in [7, 11) is 0. The Kier molecular flexibility index (Phi) is 4.18. The number of hydrogen-bond acceptors (Lipinski definition) is 7. The molecule has 0 N–H and O–H groups in total. The van der Waals surface area contributed by atoms with E-state index in [1.807, 2.05) is 0 Å². The highest BCUT2D eigenvalue weighted by molar-refractivity contribution is 7.08. The molecule has 9 heteroatoms. The van der Waals surface area contributed by atoms with Gasteiger partial charge in [-0.15, -0.1) is 0 Å². The van der Waals surface area contributed by atoms with Gasteiger partial charge < -0.3 is 4.74 Å². The zero-order valence-corrected chi connectivity index (χ0v) is 13.6. The Morgan fingerprint density at radius 3 is 2.42 bits per heavy atom. The van der Waals surface area contributed by atoms with Crippen LogP contribution in [0.1, 0.15) is 40.5 Å². The number of carbonyl (C=O) groups is 5. The molecule has 126 valence electrons. The molecule has 0 saturated carbocycles. The van der Waals surface area contributed by atoms with Gasteiger partial charge in [-0.25, -0.2) is 0 Å². The molecule has 1 atom stereocenters. The van der Waals surface area contributed by atoms with Gasteiger partial charge in [-0.2, -0.15) is 11.3 Å². The van der Waals surface area contributed by atoms with Crippen molar-refractivity contribution in [2.75, 3.05) is 13.2 Å². The summed E-state index contributed by atoms with van der Waals surface area (Å²) in [5.74, 6) is -3.04. The summed E-state index contributed by atoms with van der Waals surface area (Å²) in [4.78, 5) is 62.5. The Hall–Kier alpha value is -2.55. The zero-order valence-electron chi connectivity index (χ0n) is 12.8. The summed E-state index contributed by atoms with van der Waals surface area (Å²) >= 11 is 1.23. The normalized spacial score (nSPS) is 20.6. The summed E-state index contributed by atoms with van der Waals surface area (Å²) in [5, 5.41) is 3.12. The van der Waals surface area contributed by atoms with Gasteiger partial charge in [-0.3, -0.25) is 33.8 Å². The predicted octanol–water partition coefficient (Wildman–Crippen LogP) is 0.425. The van der Waals surface area contributed by atoms with Crippen LogP contribution >= 0.6 is 11.3 Å². The zero-order chi connectivity index (χ0) is 17.4. The third kappa shape index (κ3) is 2.50. The van der Waals surface area contributed by atoms with Crippen molar-refractivity contribution in [3.05, 3.63) is 21.9 Å². The lowest BCUT2D eigenvalue weighted by molar-refractivity contribution is -0.159. The second-order valence-electron chi connectivity index (χ2n) is 5.36. The van der Waals surface area contributed by atoms with Crippen molar-refractivity contribution in [1.29, 1.82) is 0 Å². The maximum Gasteiger partial charge on any atom is 0.326 e. The van der Waals surface area contributed by atoms with Gasteiger partial charge in [0.15, 0.2) is 0 Å². The smallest absolute Gasteiger partial charge is 0.326 e. The third-order valence-electron chi connectivity index (χ3n) is 3.95. The first kappa shape index (κ1) is 16.3. The Morgan fingerprint density at radius 1 is 1.21 bits per heavy atom. The van der Waals surface area contributed by atoms with E-state index in [0.717, 1.165) is 9.80 Å². The highest BCUT2D eigenvalue weighted by Gasteiger charge is 2.47. The average Bonchev–Trinajstić information content (AvgIpc) is 3.10. The number of thiophene rings is 1. The van der Waals surface area contributed by atoms with E-state index in [-0.39, 0.29) is 30.6 Å². The molecule has 0 spiro atoms. The van der Waals surface area contributed by atoms with Crippen molar-refractivity contribution in [2.45, 2.75) is 25.8 Å². The number of esters is 1. The second kappa shape index (κ2) is 6.16. The van der Waals surface area contributed by atoms with Crippen LogP contribution in [0.25, 0.3) is 0 Å². The molecule has 3 rings (SSSR count). The first-order valence-electron chi connectivity index (χ1n) is 7.39. The minimum absolute atomic E-state index is 0.0281. The summed E-state index contributed by atoms with van der Waals surface area (Å²) in [6, 6.07) is -1.07. The Bertz CT molecular complexity index is 724. The Balaban J connectivity index is 1.82. The van der Waals surface area contributed by atoms with Gasteiger partial charge in [0.25, 0.3) is 17.7 Å². The Morgan fingerprint density at radius 2 is 1.83 bits per heavy atom. The number of nitrogens with zero attached hydrogens (tertiary/aromatic N) is 2. The molecule has 1 aromatic heterocycles. The molecule has 24 heavy (non-hydrogen) atoms. The summed E-state index contributed by atoms with van der Waals surface area (Å²) in [6.45, 7) is 1.22. The molecular formula is C15H14N2O6S. The van der Waals surface area contributed by atoms with Gasteiger partial charge in [0.1, 0.15) is 12.6 Å². The van der Waals surface area contributed by atoms with Crippen LogP contribution in [-0.2, 0) is 19.1 Å². The van der Waals surface area contributed by atoms with E-state index in [9.17, 15) is 24.0 Å². The molecule has 4 amide bonds. The molecule has 1 aromatic rings. The topological polar surface area (TPSA) is 101 Å². The number of carbonyl (C=O) groups excluding carboxylic acids is 5. The molecule has 3 heterocycles. The number of hydrogen-bond donors (Lipinski definition) is 0. The molecule has 2 aliphatic heterocycles. The standard InChI is InChI=1S/C15H14N2O6S/c1-2-23-12(19)5-16-11(18)4-3-10(15(16)22)17-13(20)8-6-24-7-9(8)14(17)21/h6-7,10H,2-5H2,1H3. The van der Waals surface area contributed by atoms with Crippen LogP contribution in [0.2, 0.25) is 0 Å². The van der Waals surface area contributed by atoms with Crippen LogP contribution in [0.4, 0.5) is 0 Å². The summed E-state index contributed by atoms with van der Waals surface area (Å²) in [6.07, 6.45) is 0.0297. The highest BCUT2D eigenvalue weighted by atomic mass is 32.1. The van der Waals surface area contributed by atoms with Gasteiger partial charge in [0, 0.05) is 17.2 Å². The van der Waals surface area contributed by atoms with Gasteiger partial charge >= 0.3 is 5.97 Å². The summed E-state index contributed by atoms with van der Waals surface area (Å²) in [5.41, 5.74) is 0.540. The SMILES string of the molecule is CCOC(=O)CN1C(=O)CCC(N2C(=O)c3cscc3C2=O)C1=O. The fourth-order valence-corrected chi connectivity index (χ4v) is 3.62. The first-order valence-corrected chi connectivity index (χ1v) is 8.33. The van der Waals surface area contributed by atoms with Gasteiger partial charge in [0.05, 0.1) is 17.7 Å². The van der Waals surface area contributed by atoms with E-state index >= 15 is 0 Å². The van der Waals surface area contributed by atoms with Crippen molar-refractivity contribution in [2.24, 2.45) is 0 Å². The van der Waals surface area contributed by atoms with Crippen LogP contribution < -0.4 is 0 Å². The summed E-state index contributed by atoms with van der Waals surface area (Å²) < 4.78 is 4.75. The maximum atomic E-state index is 12.6. The fourth-order valence-electron chi connectivity index (χ4n) is 2.83. The van der Waals surface area contributed by atoms with E-state index in [1.165, 1.54) is 11.3 Å². The minimum Gasteiger partial charge on any atom is -0.465 e. The van der Waals surface area contributed by atoms with E-state index < -0.39 is 42.2 Å². The first-order chi connectivity index (χ1) is 11.5. The third-order valence-corrected chi connectivity index (χ3v) is 4.69. The predicted molar refractivity (Wildman–Crippen MR) is 81.2 cm³/mol. The lowest BCUT2D eigenvalue weighted by Gasteiger charge is -2.33. The molecule has 1 unspecified atom stereocenters. The van der Waals surface area contributed by atoms with Crippen LogP contribution in [0.3, 0.4) is 0 Å². The van der Waals surface area contributed by atoms with Gasteiger partial charge in [0.2, 0.25) is 5.91 Å². The monoisotopic (exact) mass is 350 g/mol. The van der Waals surface area contributed by atoms with Crippen molar-refractivity contribution >= 4 is 40.9 Å². The van der Waals surface area contributed by atoms with Crippen LogP contribution in [0.5, 0.6) is 0 Å². The highest BCUT2D eigenvalue weighted by Crippen LogP contribution is 2.31. The average molecular weight is 350 g/mol. The van der Waals surface area contributed by atoms with Crippen molar-refractivity contribution in [3.8, 4) is 0 Å². The van der Waals surface area contributed by atoms with E-state index in [1.54, 1.807) is 17.7 Å². The van der Waals surface area contributed by atoms with Crippen LogP contribution in [0, 0.1) is 0 Å².